The lowest BCUT2D eigenvalue weighted by atomic mass is 10.1. The number of aromatic amines is 1. The van der Waals surface area contributed by atoms with Crippen molar-refractivity contribution in [2.75, 3.05) is 13.1 Å². The van der Waals surface area contributed by atoms with Crippen LogP contribution >= 0.6 is 28.3 Å². The van der Waals surface area contributed by atoms with Crippen LogP contribution in [-0.2, 0) is 0 Å². The molecule has 2 rings (SSSR count). The number of pyridine rings is 1. The Hall–Kier alpha value is -1.37. The van der Waals surface area contributed by atoms with Crippen molar-refractivity contribution in [1.82, 2.24) is 10.3 Å². The average Bonchev–Trinajstić information content (AvgIpc) is 2.43. The first-order valence-electron chi connectivity index (χ1n) is 6.43. The van der Waals surface area contributed by atoms with Gasteiger partial charge in [0.05, 0.1) is 11.1 Å². The van der Waals surface area contributed by atoms with Gasteiger partial charge >= 0.3 is 0 Å². The van der Waals surface area contributed by atoms with Gasteiger partial charge < -0.3 is 16.0 Å². The van der Waals surface area contributed by atoms with Crippen LogP contribution in [-0.4, -0.2) is 24.0 Å². The first kappa shape index (κ1) is 17.7. The van der Waals surface area contributed by atoms with Gasteiger partial charge in [0.25, 0.3) is 5.91 Å². The molecule has 0 spiro atoms. The fourth-order valence-electron chi connectivity index (χ4n) is 2.00. The summed E-state index contributed by atoms with van der Waals surface area (Å²) in [5.74, 6) is -0.240. The standard InChI is InChI=1S/C14H16BrN3O2.ClH/c15-11-5-3-4-9-10(8-12(19)18-13(9)11)14(20)17-7-2-1-6-16;/h3-5,8H,1-2,6-7,16H2,(H,17,20)(H,18,19);1H. The number of carbonyl (C=O) groups excluding carboxylic acids is 1. The highest BCUT2D eigenvalue weighted by molar-refractivity contribution is 9.10. The predicted molar refractivity (Wildman–Crippen MR) is 90.1 cm³/mol. The van der Waals surface area contributed by atoms with E-state index in [-0.39, 0.29) is 23.9 Å². The summed E-state index contributed by atoms with van der Waals surface area (Å²) < 4.78 is 0.755. The molecule has 1 aromatic carbocycles. The maximum absolute atomic E-state index is 12.2. The molecule has 1 amide bonds. The molecule has 0 atom stereocenters. The van der Waals surface area contributed by atoms with Gasteiger partial charge in [0.1, 0.15) is 0 Å². The van der Waals surface area contributed by atoms with Crippen LogP contribution in [0.25, 0.3) is 10.9 Å². The van der Waals surface area contributed by atoms with Crippen LogP contribution in [0.5, 0.6) is 0 Å². The summed E-state index contributed by atoms with van der Waals surface area (Å²) in [6.07, 6.45) is 1.69. The highest BCUT2D eigenvalue weighted by atomic mass is 79.9. The minimum atomic E-state index is -0.295. The number of H-pyrrole nitrogens is 1. The lowest BCUT2D eigenvalue weighted by Crippen LogP contribution is -2.26. The Morgan fingerprint density at radius 1 is 1.33 bits per heavy atom. The van der Waals surface area contributed by atoms with Crippen LogP contribution in [0.15, 0.2) is 33.5 Å². The second-order valence-corrected chi connectivity index (χ2v) is 5.32. The Morgan fingerprint density at radius 3 is 2.81 bits per heavy atom. The number of fused-ring (bicyclic) bond motifs is 1. The molecule has 1 heterocycles. The van der Waals surface area contributed by atoms with E-state index in [4.69, 9.17) is 5.73 Å². The van der Waals surface area contributed by atoms with Crippen molar-refractivity contribution in [3.05, 3.63) is 44.7 Å². The first-order chi connectivity index (χ1) is 9.63. The Bertz CT molecular complexity index is 687. The summed E-state index contributed by atoms with van der Waals surface area (Å²) >= 11 is 3.37. The lowest BCUT2D eigenvalue weighted by molar-refractivity contribution is 0.0954. The quantitative estimate of drug-likeness (QED) is 0.701. The van der Waals surface area contributed by atoms with E-state index in [0.29, 0.717) is 24.2 Å². The van der Waals surface area contributed by atoms with E-state index in [9.17, 15) is 9.59 Å². The van der Waals surface area contributed by atoms with E-state index >= 15 is 0 Å². The number of hydrogen-bond acceptors (Lipinski definition) is 3. The van der Waals surface area contributed by atoms with Gasteiger partial charge in [-0.3, -0.25) is 9.59 Å². The Balaban J connectivity index is 0.00000220. The van der Waals surface area contributed by atoms with Gasteiger partial charge in [-0.15, -0.1) is 12.4 Å². The highest BCUT2D eigenvalue weighted by Gasteiger charge is 2.12. The van der Waals surface area contributed by atoms with Crippen LogP contribution in [0.4, 0.5) is 0 Å². The largest absolute Gasteiger partial charge is 0.352 e. The second kappa shape index (κ2) is 8.17. The Labute approximate surface area is 136 Å². The van der Waals surface area contributed by atoms with Crippen molar-refractivity contribution in [2.45, 2.75) is 12.8 Å². The number of hydrogen-bond donors (Lipinski definition) is 3. The molecular formula is C14H17BrClN3O2. The van der Waals surface area contributed by atoms with E-state index < -0.39 is 0 Å². The number of benzene rings is 1. The van der Waals surface area contributed by atoms with Crippen LogP contribution in [0.3, 0.4) is 0 Å². The van der Waals surface area contributed by atoms with Crippen molar-refractivity contribution in [3.63, 3.8) is 0 Å². The van der Waals surface area contributed by atoms with Gasteiger partial charge in [-0.2, -0.15) is 0 Å². The van der Waals surface area contributed by atoms with Crippen LogP contribution < -0.4 is 16.6 Å². The maximum Gasteiger partial charge on any atom is 0.252 e. The molecule has 2 aromatic rings. The highest BCUT2D eigenvalue weighted by Crippen LogP contribution is 2.23. The van der Waals surface area contributed by atoms with Crippen molar-refractivity contribution in [3.8, 4) is 0 Å². The topological polar surface area (TPSA) is 88.0 Å². The summed E-state index contributed by atoms with van der Waals surface area (Å²) in [6, 6.07) is 6.79. The minimum absolute atomic E-state index is 0. The Morgan fingerprint density at radius 2 is 2.10 bits per heavy atom. The molecule has 4 N–H and O–H groups in total. The lowest BCUT2D eigenvalue weighted by Gasteiger charge is -2.08. The second-order valence-electron chi connectivity index (χ2n) is 4.46. The average molecular weight is 375 g/mol. The number of halogens is 2. The van der Waals surface area contributed by atoms with Crippen molar-refractivity contribution in [1.29, 1.82) is 0 Å². The summed E-state index contributed by atoms with van der Waals surface area (Å²) in [5.41, 5.74) is 6.13. The molecule has 0 radical (unpaired) electrons. The molecular weight excluding hydrogens is 358 g/mol. The molecule has 0 aliphatic rings. The van der Waals surface area contributed by atoms with E-state index in [1.807, 2.05) is 18.2 Å². The number of para-hydroxylation sites is 1. The van der Waals surface area contributed by atoms with Crippen LogP contribution in [0.1, 0.15) is 23.2 Å². The third-order valence-corrected chi connectivity index (χ3v) is 3.65. The molecule has 0 bridgehead atoms. The molecule has 0 aliphatic heterocycles. The molecule has 5 nitrogen and oxygen atoms in total. The van der Waals surface area contributed by atoms with Gasteiger partial charge in [0.15, 0.2) is 0 Å². The van der Waals surface area contributed by atoms with Crippen molar-refractivity contribution < 1.29 is 4.79 Å². The predicted octanol–water partition coefficient (Wildman–Crippen LogP) is 2.18. The summed E-state index contributed by atoms with van der Waals surface area (Å²) in [7, 11) is 0. The van der Waals surface area contributed by atoms with E-state index in [0.717, 1.165) is 22.7 Å². The van der Waals surface area contributed by atoms with E-state index in [1.54, 1.807) is 0 Å². The van der Waals surface area contributed by atoms with Gasteiger partial charge in [-0.1, -0.05) is 12.1 Å². The SMILES string of the molecule is Cl.NCCCCNC(=O)c1cc(=O)[nH]c2c(Br)cccc12. The van der Waals surface area contributed by atoms with Crippen molar-refractivity contribution in [2.24, 2.45) is 5.73 Å². The fourth-order valence-corrected chi connectivity index (χ4v) is 2.46. The minimum Gasteiger partial charge on any atom is -0.352 e. The first-order valence-corrected chi connectivity index (χ1v) is 7.22. The monoisotopic (exact) mass is 373 g/mol. The van der Waals surface area contributed by atoms with Crippen LogP contribution in [0, 0.1) is 0 Å². The van der Waals surface area contributed by atoms with E-state index in [2.05, 4.69) is 26.2 Å². The summed E-state index contributed by atoms with van der Waals surface area (Å²) in [5, 5.41) is 3.53. The zero-order chi connectivity index (χ0) is 14.5. The summed E-state index contributed by atoms with van der Waals surface area (Å²) in [6.45, 7) is 1.16. The zero-order valence-electron chi connectivity index (χ0n) is 11.3. The number of unbranched alkanes of at least 4 members (excludes halogenated alkanes) is 1. The number of amides is 1. The Kier molecular flexibility index (Phi) is 6.87. The third kappa shape index (κ3) is 4.30. The zero-order valence-corrected chi connectivity index (χ0v) is 13.7. The molecule has 21 heavy (non-hydrogen) atoms. The van der Waals surface area contributed by atoms with Gasteiger partial charge in [0, 0.05) is 22.5 Å². The van der Waals surface area contributed by atoms with Gasteiger partial charge in [0.2, 0.25) is 5.56 Å². The van der Waals surface area contributed by atoms with Gasteiger partial charge in [-0.25, -0.2) is 0 Å². The van der Waals surface area contributed by atoms with Crippen molar-refractivity contribution >= 4 is 45.1 Å². The van der Waals surface area contributed by atoms with Crippen LogP contribution in [0.2, 0.25) is 0 Å². The molecule has 0 unspecified atom stereocenters. The number of carbonyl (C=O) groups is 1. The molecule has 7 heteroatoms. The smallest absolute Gasteiger partial charge is 0.252 e. The molecule has 0 saturated carbocycles. The number of nitrogens with two attached hydrogens (primary N) is 1. The molecule has 0 saturated heterocycles. The molecule has 1 aromatic heterocycles. The summed E-state index contributed by atoms with van der Waals surface area (Å²) in [4.78, 5) is 26.6. The number of nitrogens with one attached hydrogen (secondary N) is 2. The fraction of sp³-hybridized carbons (Fsp3) is 0.286. The van der Waals surface area contributed by atoms with E-state index in [1.165, 1.54) is 6.07 Å². The van der Waals surface area contributed by atoms with Gasteiger partial charge in [-0.05, 0) is 41.4 Å². The third-order valence-electron chi connectivity index (χ3n) is 2.99. The molecule has 0 aliphatic carbocycles. The molecule has 114 valence electrons. The number of rotatable bonds is 5. The normalized spacial score (nSPS) is 10.2. The number of aromatic nitrogens is 1. The molecule has 0 fully saturated rings. The maximum atomic E-state index is 12.2.